The van der Waals surface area contributed by atoms with Crippen LogP contribution in [-0.2, 0) is 9.53 Å². The lowest BCUT2D eigenvalue weighted by atomic mass is 9.90. The Morgan fingerprint density at radius 2 is 2.28 bits per heavy atom. The fourth-order valence-corrected chi connectivity index (χ4v) is 1.92. The van der Waals surface area contributed by atoms with Gasteiger partial charge in [-0.2, -0.15) is 0 Å². The number of halogens is 2. The highest BCUT2D eigenvalue weighted by molar-refractivity contribution is 6.30. The monoisotopic (exact) mass is 272 g/mol. The predicted octanol–water partition coefficient (Wildman–Crippen LogP) is 2.99. The Balaban J connectivity index is 2.01. The summed E-state index contributed by atoms with van der Waals surface area (Å²) in [6.07, 6.45) is 0.0721. The summed E-state index contributed by atoms with van der Waals surface area (Å²) >= 11 is 5.65. The van der Waals surface area contributed by atoms with E-state index in [4.69, 9.17) is 21.1 Å². The fraction of sp³-hybridized carbons (Fsp3) is 0.462. The molecule has 0 bridgehead atoms. The third-order valence-electron chi connectivity index (χ3n) is 2.75. The Morgan fingerprint density at radius 3 is 2.94 bits per heavy atom. The average Bonchev–Trinajstić information content (AvgIpc) is 2.34. The van der Waals surface area contributed by atoms with Gasteiger partial charge in [-0.1, -0.05) is 24.6 Å². The summed E-state index contributed by atoms with van der Waals surface area (Å²) in [5.41, 5.74) is 0. The van der Waals surface area contributed by atoms with Crippen LogP contribution in [0.2, 0.25) is 5.02 Å². The maximum atomic E-state index is 13.6. The number of ketones is 1. The van der Waals surface area contributed by atoms with E-state index in [1.807, 2.05) is 6.92 Å². The Kier molecular flexibility index (Phi) is 4.19. The maximum absolute atomic E-state index is 13.6. The van der Waals surface area contributed by atoms with E-state index in [2.05, 4.69) is 0 Å². The molecule has 0 heterocycles. The summed E-state index contributed by atoms with van der Waals surface area (Å²) in [4.78, 5) is 11.4. The molecule has 1 aliphatic carbocycles. The Morgan fingerprint density at radius 1 is 1.50 bits per heavy atom. The molecule has 0 aliphatic heterocycles. The lowest BCUT2D eigenvalue weighted by molar-refractivity contribution is -0.155. The molecule has 2 rings (SSSR count). The summed E-state index contributed by atoms with van der Waals surface area (Å²) in [6, 6.07) is 4.53. The number of Topliss-reactive ketones (excluding diaryl/α,β-unsaturated/α-hetero) is 1. The molecule has 2 atom stereocenters. The van der Waals surface area contributed by atoms with Gasteiger partial charge in [0.15, 0.2) is 23.5 Å². The first-order valence-corrected chi connectivity index (χ1v) is 6.26. The molecule has 1 aromatic carbocycles. The van der Waals surface area contributed by atoms with Crippen molar-refractivity contribution in [3.05, 3.63) is 29.0 Å². The van der Waals surface area contributed by atoms with Gasteiger partial charge in [0.2, 0.25) is 0 Å². The second kappa shape index (κ2) is 5.67. The molecule has 0 aromatic heterocycles. The van der Waals surface area contributed by atoms with Gasteiger partial charge in [-0.25, -0.2) is 4.39 Å². The lowest BCUT2D eigenvalue weighted by Crippen LogP contribution is -2.52. The lowest BCUT2D eigenvalue weighted by Gasteiger charge is -2.34. The van der Waals surface area contributed by atoms with Crippen LogP contribution in [0.15, 0.2) is 18.2 Å². The molecule has 0 N–H and O–H groups in total. The van der Waals surface area contributed by atoms with E-state index in [9.17, 15) is 9.18 Å². The number of benzene rings is 1. The van der Waals surface area contributed by atoms with Crippen LogP contribution in [0, 0.1) is 5.82 Å². The van der Waals surface area contributed by atoms with Crippen molar-refractivity contribution in [2.24, 2.45) is 0 Å². The van der Waals surface area contributed by atoms with Crippen molar-refractivity contribution in [2.75, 3.05) is 6.61 Å². The summed E-state index contributed by atoms with van der Waals surface area (Å²) in [6.45, 7) is 2.45. The van der Waals surface area contributed by atoms with Crippen LogP contribution in [-0.4, -0.2) is 24.6 Å². The van der Waals surface area contributed by atoms with Crippen molar-refractivity contribution in [1.29, 1.82) is 0 Å². The summed E-state index contributed by atoms with van der Waals surface area (Å²) in [5, 5.41) is 0.00387. The van der Waals surface area contributed by atoms with E-state index in [1.54, 1.807) is 6.07 Å². The minimum atomic E-state index is -0.604. The third-order valence-corrected chi connectivity index (χ3v) is 3.05. The number of hydrogen-bond acceptors (Lipinski definition) is 3. The molecule has 0 amide bonds. The Bertz CT molecular complexity index is 450. The van der Waals surface area contributed by atoms with Crippen LogP contribution in [0.25, 0.3) is 0 Å². The molecule has 98 valence electrons. The van der Waals surface area contributed by atoms with Crippen molar-refractivity contribution in [2.45, 2.75) is 32.0 Å². The molecular formula is C13H14ClFO3. The molecular weight excluding hydrogens is 259 g/mol. The summed E-state index contributed by atoms with van der Waals surface area (Å²) in [7, 11) is 0. The quantitative estimate of drug-likeness (QED) is 0.827. The Labute approximate surface area is 110 Å². The smallest absolute Gasteiger partial charge is 0.183 e. The van der Waals surface area contributed by atoms with E-state index in [1.165, 1.54) is 12.1 Å². The zero-order valence-electron chi connectivity index (χ0n) is 9.99. The van der Waals surface area contributed by atoms with Gasteiger partial charge < -0.3 is 9.47 Å². The van der Waals surface area contributed by atoms with E-state index in [0.717, 1.165) is 6.42 Å². The number of ether oxygens (including phenoxy) is 2. The maximum Gasteiger partial charge on any atom is 0.183 e. The van der Waals surface area contributed by atoms with Crippen molar-refractivity contribution in [1.82, 2.24) is 0 Å². The van der Waals surface area contributed by atoms with Gasteiger partial charge in [0.25, 0.3) is 0 Å². The second-order valence-electron chi connectivity index (χ2n) is 4.17. The van der Waals surface area contributed by atoms with E-state index >= 15 is 0 Å². The average molecular weight is 273 g/mol. The van der Waals surface area contributed by atoms with Gasteiger partial charge >= 0.3 is 0 Å². The van der Waals surface area contributed by atoms with Gasteiger partial charge in [0.1, 0.15) is 6.10 Å². The van der Waals surface area contributed by atoms with E-state index < -0.39 is 18.0 Å². The normalized spacial score (nSPS) is 22.7. The van der Waals surface area contributed by atoms with Crippen molar-refractivity contribution >= 4 is 17.4 Å². The first-order valence-electron chi connectivity index (χ1n) is 5.88. The predicted molar refractivity (Wildman–Crippen MR) is 65.5 cm³/mol. The number of carbonyl (C=O) groups is 1. The second-order valence-corrected chi connectivity index (χ2v) is 4.58. The first kappa shape index (κ1) is 13.3. The van der Waals surface area contributed by atoms with Crippen LogP contribution >= 0.6 is 11.6 Å². The Hall–Kier alpha value is -1.13. The van der Waals surface area contributed by atoms with Gasteiger partial charge in [-0.3, -0.25) is 4.79 Å². The SMILES string of the molecule is CCCOC1C(=O)CC1Oc1cccc(Cl)c1F. The van der Waals surface area contributed by atoms with Gasteiger partial charge in [0.05, 0.1) is 5.02 Å². The van der Waals surface area contributed by atoms with Crippen LogP contribution in [0.1, 0.15) is 19.8 Å². The molecule has 1 aromatic rings. The molecule has 1 saturated carbocycles. The molecule has 1 fully saturated rings. The highest BCUT2D eigenvalue weighted by Gasteiger charge is 2.43. The molecule has 0 radical (unpaired) electrons. The van der Waals surface area contributed by atoms with E-state index in [0.29, 0.717) is 6.61 Å². The molecule has 0 spiro atoms. The van der Waals surface area contributed by atoms with Crippen molar-refractivity contribution in [3.63, 3.8) is 0 Å². The zero-order valence-corrected chi connectivity index (χ0v) is 10.7. The van der Waals surface area contributed by atoms with E-state index in [-0.39, 0.29) is 23.0 Å². The molecule has 0 saturated heterocycles. The fourth-order valence-electron chi connectivity index (χ4n) is 1.75. The topological polar surface area (TPSA) is 35.5 Å². The minimum Gasteiger partial charge on any atom is -0.484 e. The minimum absolute atomic E-state index is 0.00381. The standard InChI is InChI=1S/C13H14ClFO3/c1-2-6-17-13-9(16)7-11(13)18-10-5-3-4-8(14)12(10)15/h3-5,11,13H,2,6-7H2,1H3. The molecule has 1 aliphatic rings. The van der Waals surface area contributed by atoms with Crippen LogP contribution in [0.5, 0.6) is 5.75 Å². The van der Waals surface area contributed by atoms with Gasteiger partial charge in [-0.05, 0) is 18.6 Å². The summed E-state index contributed by atoms with van der Waals surface area (Å²) in [5.74, 6) is -0.547. The van der Waals surface area contributed by atoms with Crippen LogP contribution in [0.3, 0.4) is 0 Å². The third kappa shape index (κ3) is 2.65. The molecule has 2 unspecified atom stereocenters. The summed E-state index contributed by atoms with van der Waals surface area (Å²) < 4.78 is 24.4. The van der Waals surface area contributed by atoms with Crippen LogP contribution in [0.4, 0.5) is 4.39 Å². The largest absolute Gasteiger partial charge is 0.484 e. The van der Waals surface area contributed by atoms with Gasteiger partial charge in [0, 0.05) is 13.0 Å². The zero-order chi connectivity index (χ0) is 13.1. The highest BCUT2D eigenvalue weighted by Crippen LogP contribution is 2.30. The van der Waals surface area contributed by atoms with Gasteiger partial charge in [-0.15, -0.1) is 0 Å². The van der Waals surface area contributed by atoms with Crippen LogP contribution < -0.4 is 4.74 Å². The molecule has 3 nitrogen and oxygen atoms in total. The molecule has 18 heavy (non-hydrogen) atoms. The highest BCUT2D eigenvalue weighted by atomic mass is 35.5. The number of rotatable bonds is 5. The number of hydrogen-bond donors (Lipinski definition) is 0. The first-order chi connectivity index (χ1) is 8.63. The van der Waals surface area contributed by atoms with Crippen molar-refractivity contribution < 1.29 is 18.7 Å². The van der Waals surface area contributed by atoms with Crippen molar-refractivity contribution in [3.8, 4) is 5.75 Å². The number of carbonyl (C=O) groups excluding carboxylic acids is 1. The molecule has 5 heteroatoms.